The molecule has 0 saturated carbocycles. The number of phenolic OH excluding ortho intramolecular Hbond substituents is 1. The first-order chi connectivity index (χ1) is 8.58. The summed E-state index contributed by atoms with van der Waals surface area (Å²) in [6, 6.07) is 2.85. The number of rotatable bonds is 3. The maximum Gasteiger partial charge on any atom is 0.255 e. The quantitative estimate of drug-likeness (QED) is 0.775. The molecule has 1 unspecified atom stereocenters. The van der Waals surface area contributed by atoms with E-state index < -0.39 is 11.7 Å². The number of H-pyrrole nitrogens is 1. The van der Waals surface area contributed by atoms with E-state index in [1.165, 1.54) is 0 Å². The lowest BCUT2D eigenvalue weighted by molar-refractivity contribution is 0.0935. The van der Waals surface area contributed by atoms with E-state index in [0.717, 1.165) is 18.2 Å². The maximum absolute atomic E-state index is 13.0. The molecule has 18 heavy (non-hydrogen) atoms. The number of phenols is 1. The average molecular weight is 249 g/mol. The van der Waals surface area contributed by atoms with E-state index in [-0.39, 0.29) is 17.4 Å². The minimum atomic E-state index is -0.580. The van der Waals surface area contributed by atoms with E-state index in [1.54, 1.807) is 19.3 Å². The summed E-state index contributed by atoms with van der Waals surface area (Å²) in [7, 11) is 0. The van der Waals surface area contributed by atoms with Crippen molar-refractivity contribution < 1.29 is 14.3 Å². The van der Waals surface area contributed by atoms with Gasteiger partial charge in [0.25, 0.3) is 5.91 Å². The fourth-order valence-corrected chi connectivity index (χ4v) is 1.55. The summed E-state index contributed by atoms with van der Waals surface area (Å²) in [5.74, 6) is -0.820. The number of carbonyl (C=O) groups excluding carboxylic acids is 1. The number of hydrogen-bond acceptors (Lipinski definition) is 3. The zero-order valence-corrected chi connectivity index (χ0v) is 9.64. The highest BCUT2D eigenvalue weighted by atomic mass is 19.1. The van der Waals surface area contributed by atoms with Crippen LogP contribution in [0.1, 0.15) is 29.1 Å². The highest BCUT2D eigenvalue weighted by Crippen LogP contribution is 2.18. The summed E-state index contributed by atoms with van der Waals surface area (Å²) >= 11 is 0. The second-order valence-corrected chi connectivity index (χ2v) is 3.83. The molecule has 1 aromatic heterocycles. The second-order valence-electron chi connectivity index (χ2n) is 3.83. The molecule has 1 atom stereocenters. The predicted molar refractivity (Wildman–Crippen MR) is 62.5 cm³/mol. The number of nitrogens with one attached hydrogen (secondary N) is 2. The minimum Gasteiger partial charge on any atom is -0.507 e. The number of amides is 1. The first-order valence-electron chi connectivity index (χ1n) is 5.36. The van der Waals surface area contributed by atoms with Crippen molar-refractivity contribution in [1.29, 1.82) is 0 Å². The number of halogens is 1. The Bertz CT molecular complexity index is 554. The third-order valence-corrected chi connectivity index (χ3v) is 2.48. The van der Waals surface area contributed by atoms with Gasteiger partial charge in [-0.15, -0.1) is 0 Å². The molecule has 0 spiro atoms. The Morgan fingerprint density at radius 3 is 3.00 bits per heavy atom. The van der Waals surface area contributed by atoms with Gasteiger partial charge in [-0.2, -0.15) is 0 Å². The molecular weight excluding hydrogens is 237 g/mol. The first kappa shape index (κ1) is 12.1. The molecule has 0 saturated heterocycles. The number of hydrogen-bond donors (Lipinski definition) is 3. The average Bonchev–Trinajstić information content (AvgIpc) is 2.85. The predicted octanol–water partition coefficient (Wildman–Crippen LogP) is 1.75. The number of nitrogens with zero attached hydrogens (tertiary/aromatic N) is 1. The molecule has 6 heteroatoms. The Labute approximate surface area is 103 Å². The molecule has 0 aliphatic rings. The number of aromatic amines is 1. The molecular formula is C12H12FN3O2. The lowest BCUT2D eigenvalue weighted by Gasteiger charge is -2.12. The van der Waals surface area contributed by atoms with Gasteiger partial charge >= 0.3 is 0 Å². The monoisotopic (exact) mass is 249 g/mol. The van der Waals surface area contributed by atoms with Gasteiger partial charge in [0.05, 0.1) is 11.6 Å². The van der Waals surface area contributed by atoms with Gasteiger partial charge in [0.1, 0.15) is 17.4 Å². The molecule has 5 nitrogen and oxygen atoms in total. The van der Waals surface area contributed by atoms with Crippen LogP contribution in [0.25, 0.3) is 0 Å². The Kier molecular flexibility index (Phi) is 3.27. The zero-order chi connectivity index (χ0) is 13.1. The van der Waals surface area contributed by atoms with Gasteiger partial charge < -0.3 is 15.4 Å². The van der Waals surface area contributed by atoms with Crippen LogP contribution in [0.2, 0.25) is 0 Å². The van der Waals surface area contributed by atoms with E-state index in [9.17, 15) is 14.3 Å². The molecule has 0 bridgehead atoms. The van der Waals surface area contributed by atoms with Crippen molar-refractivity contribution in [2.24, 2.45) is 0 Å². The SMILES string of the molecule is CC(NC(=O)c1cc(F)ccc1O)c1ncc[nH]1. The lowest BCUT2D eigenvalue weighted by atomic mass is 10.1. The van der Waals surface area contributed by atoms with Crippen LogP contribution in [-0.4, -0.2) is 21.0 Å². The lowest BCUT2D eigenvalue weighted by Crippen LogP contribution is -2.27. The Morgan fingerprint density at radius 1 is 1.56 bits per heavy atom. The fraction of sp³-hybridized carbons (Fsp3) is 0.167. The molecule has 1 heterocycles. The van der Waals surface area contributed by atoms with Gasteiger partial charge in [-0.05, 0) is 25.1 Å². The molecule has 94 valence electrons. The summed E-state index contributed by atoms with van der Waals surface area (Å²) in [6.45, 7) is 1.73. The van der Waals surface area contributed by atoms with Crippen LogP contribution >= 0.6 is 0 Å². The van der Waals surface area contributed by atoms with Crippen molar-refractivity contribution in [3.05, 3.63) is 47.8 Å². The summed E-state index contributed by atoms with van der Waals surface area (Å²) in [6.07, 6.45) is 3.20. The Morgan fingerprint density at radius 2 is 2.33 bits per heavy atom. The van der Waals surface area contributed by atoms with Crippen LogP contribution in [0.3, 0.4) is 0 Å². The van der Waals surface area contributed by atoms with Gasteiger partial charge in [0, 0.05) is 12.4 Å². The number of imidazole rings is 1. The molecule has 0 aliphatic carbocycles. The van der Waals surface area contributed by atoms with Crippen molar-refractivity contribution in [3.63, 3.8) is 0 Å². The Hall–Kier alpha value is -2.37. The summed E-state index contributed by atoms with van der Waals surface area (Å²) < 4.78 is 13.0. The van der Waals surface area contributed by atoms with Gasteiger partial charge in [-0.3, -0.25) is 4.79 Å². The second kappa shape index (κ2) is 4.87. The largest absolute Gasteiger partial charge is 0.507 e. The molecule has 1 aromatic carbocycles. The van der Waals surface area contributed by atoms with Crippen molar-refractivity contribution in [2.45, 2.75) is 13.0 Å². The van der Waals surface area contributed by atoms with Crippen LogP contribution < -0.4 is 5.32 Å². The van der Waals surface area contributed by atoms with Crippen LogP contribution in [0, 0.1) is 5.82 Å². The topological polar surface area (TPSA) is 78.0 Å². The van der Waals surface area contributed by atoms with Crippen LogP contribution in [-0.2, 0) is 0 Å². The molecule has 2 aromatic rings. The van der Waals surface area contributed by atoms with E-state index in [1.807, 2.05) is 0 Å². The van der Waals surface area contributed by atoms with Crippen LogP contribution in [0.15, 0.2) is 30.6 Å². The standard InChI is InChI=1S/C12H12FN3O2/c1-7(11-14-4-5-15-11)16-12(18)9-6-8(13)2-3-10(9)17/h2-7,17H,1H3,(H,14,15)(H,16,18). The van der Waals surface area contributed by atoms with E-state index in [2.05, 4.69) is 15.3 Å². The van der Waals surface area contributed by atoms with Gasteiger partial charge in [0.2, 0.25) is 0 Å². The number of aromatic nitrogens is 2. The Balaban J connectivity index is 2.15. The fourth-order valence-electron chi connectivity index (χ4n) is 1.55. The zero-order valence-electron chi connectivity index (χ0n) is 9.64. The van der Waals surface area contributed by atoms with Gasteiger partial charge in [0.15, 0.2) is 0 Å². The van der Waals surface area contributed by atoms with Gasteiger partial charge in [-0.25, -0.2) is 9.37 Å². The highest BCUT2D eigenvalue weighted by molar-refractivity contribution is 5.96. The van der Waals surface area contributed by atoms with E-state index in [4.69, 9.17) is 0 Å². The van der Waals surface area contributed by atoms with E-state index >= 15 is 0 Å². The third-order valence-electron chi connectivity index (χ3n) is 2.48. The molecule has 1 amide bonds. The first-order valence-corrected chi connectivity index (χ1v) is 5.36. The number of carbonyl (C=O) groups is 1. The molecule has 0 fully saturated rings. The highest BCUT2D eigenvalue weighted by Gasteiger charge is 2.16. The smallest absolute Gasteiger partial charge is 0.255 e. The summed E-state index contributed by atoms with van der Waals surface area (Å²) in [5.41, 5.74) is -0.103. The van der Waals surface area contributed by atoms with Crippen LogP contribution in [0.4, 0.5) is 4.39 Å². The van der Waals surface area contributed by atoms with Crippen molar-refractivity contribution >= 4 is 5.91 Å². The molecule has 2 rings (SSSR count). The normalized spacial score (nSPS) is 12.1. The summed E-state index contributed by atoms with van der Waals surface area (Å²) in [4.78, 5) is 18.7. The molecule has 0 radical (unpaired) electrons. The van der Waals surface area contributed by atoms with Crippen molar-refractivity contribution in [3.8, 4) is 5.75 Å². The molecule has 0 aliphatic heterocycles. The number of benzene rings is 1. The van der Waals surface area contributed by atoms with Gasteiger partial charge in [-0.1, -0.05) is 0 Å². The van der Waals surface area contributed by atoms with E-state index in [0.29, 0.717) is 5.82 Å². The molecule has 3 N–H and O–H groups in total. The van der Waals surface area contributed by atoms with Crippen molar-refractivity contribution in [1.82, 2.24) is 15.3 Å². The third kappa shape index (κ3) is 2.48. The maximum atomic E-state index is 13.0. The summed E-state index contributed by atoms with van der Waals surface area (Å²) in [5, 5.41) is 12.1. The number of aromatic hydroxyl groups is 1. The van der Waals surface area contributed by atoms with Crippen molar-refractivity contribution in [2.75, 3.05) is 0 Å². The minimum absolute atomic E-state index is 0.103. The van der Waals surface area contributed by atoms with Crippen LogP contribution in [0.5, 0.6) is 5.75 Å².